The Labute approximate surface area is 148 Å². The van der Waals surface area contributed by atoms with E-state index in [-0.39, 0.29) is 17.4 Å². The number of piperazine rings is 1. The van der Waals surface area contributed by atoms with E-state index in [0.29, 0.717) is 43.6 Å². The molecule has 2 heterocycles. The number of nitro benzene ring substituents is 2. The zero-order chi connectivity index (χ0) is 18.8. The molecule has 0 N–H and O–H groups in total. The lowest BCUT2D eigenvalue weighted by Crippen LogP contribution is -2.47. The second kappa shape index (κ2) is 7.04. The predicted octanol–water partition coefficient (Wildman–Crippen LogP) is 2.08. The second-order valence-electron chi connectivity index (χ2n) is 6.07. The zero-order valence-corrected chi connectivity index (χ0v) is 14.4. The summed E-state index contributed by atoms with van der Waals surface area (Å²) in [4.78, 5) is 29.2. The van der Waals surface area contributed by atoms with E-state index in [1.807, 2.05) is 11.8 Å². The highest BCUT2D eigenvalue weighted by molar-refractivity contribution is 5.67. The van der Waals surface area contributed by atoms with Crippen molar-refractivity contribution in [3.05, 3.63) is 50.1 Å². The minimum absolute atomic E-state index is 0.0507. The lowest BCUT2D eigenvalue weighted by molar-refractivity contribution is -0.393. The maximum atomic E-state index is 11.3. The monoisotopic (exact) mass is 362 g/mol. The average Bonchev–Trinajstić information content (AvgIpc) is 3.07. The van der Waals surface area contributed by atoms with Crippen molar-refractivity contribution in [3.63, 3.8) is 0 Å². The summed E-state index contributed by atoms with van der Waals surface area (Å²) in [5.41, 5.74) is -0.158. The normalized spacial score (nSPS) is 16.5. The molecule has 11 heteroatoms. The summed E-state index contributed by atoms with van der Waals surface area (Å²) in [7, 11) is 0. The van der Waals surface area contributed by atoms with Crippen LogP contribution in [0, 0.1) is 27.2 Å². The fraction of sp³-hybridized carbons (Fsp3) is 0.467. The van der Waals surface area contributed by atoms with Gasteiger partial charge in [-0.1, -0.05) is 5.16 Å². The van der Waals surface area contributed by atoms with Crippen LogP contribution in [0.25, 0.3) is 0 Å². The first-order chi connectivity index (χ1) is 12.4. The van der Waals surface area contributed by atoms with E-state index >= 15 is 0 Å². The van der Waals surface area contributed by atoms with Gasteiger partial charge in [0.25, 0.3) is 11.4 Å². The second-order valence-corrected chi connectivity index (χ2v) is 6.07. The number of hydrogen-bond donors (Lipinski definition) is 0. The van der Waals surface area contributed by atoms with Crippen LogP contribution < -0.4 is 4.90 Å². The predicted molar refractivity (Wildman–Crippen MR) is 91.0 cm³/mol. The fourth-order valence-corrected chi connectivity index (χ4v) is 3.03. The van der Waals surface area contributed by atoms with Crippen molar-refractivity contribution in [1.29, 1.82) is 0 Å². The first-order valence-corrected chi connectivity index (χ1v) is 8.09. The van der Waals surface area contributed by atoms with E-state index in [2.05, 4.69) is 15.0 Å². The molecule has 0 aliphatic carbocycles. The Morgan fingerprint density at radius 3 is 2.38 bits per heavy atom. The summed E-state index contributed by atoms with van der Waals surface area (Å²) in [6.45, 7) is 6.13. The van der Waals surface area contributed by atoms with Crippen LogP contribution in [0.5, 0.6) is 0 Å². The summed E-state index contributed by atoms with van der Waals surface area (Å²) < 4.78 is 5.21. The molecule has 11 nitrogen and oxygen atoms in total. The number of anilines is 1. The van der Waals surface area contributed by atoms with Gasteiger partial charge in [0.15, 0.2) is 5.82 Å². The van der Waals surface area contributed by atoms with Crippen molar-refractivity contribution in [3.8, 4) is 0 Å². The van der Waals surface area contributed by atoms with Gasteiger partial charge in [-0.3, -0.25) is 25.1 Å². The summed E-state index contributed by atoms with van der Waals surface area (Å²) in [6, 6.07) is 3.69. The summed E-state index contributed by atoms with van der Waals surface area (Å²) in [5.74, 6) is 1.12. The van der Waals surface area contributed by atoms with Crippen LogP contribution in [0.4, 0.5) is 17.1 Å². The fourth-order valence-electron chi connectivity index (χ4n) is 3.03. The molecule has 1 aromatic carbocycles. The molecule has 0 saturated carbocycles. The SMILES string of the molecule is Cc1noc(C(C)N2CCN(c3ccc([N+](=O)[O-])cc3[N+](=O)[O-])CC2)n1. The van der Waals surface area contributed by atoms with Crippen molar-refractivity contribution in [2.75, 3.05) is 31.1 Å². The molecule has 1 unspecified atom stereocenters. The number of nitro groups is 2. The Kier molecular flexibility index (Phi) is 4.80. The van der Waals surface area contributed by atoms with Crippen LogP contribution in [0.15, 0.2) is 22.7 Å². The standard InChI is InChI=1S/C15H18N6O5/c1-10(15-16-11(2)17-26-15)18-5-7-19(8-6-18)13-4-3-12(20(22)23)9-14(13)21(24)25/h3-4,9-10H,5-8H2,1-2H3. The lowest BCUT2D eigenvalue weighted by Gasteiger charge is -2.37. The molecule has 1 aliphatic rings. The van der Waals surface area contributed by atoms with E-state index in [1.165, 1.54) is 12.1 Å². The number of aromatic nitrogens is 2. The van der Waals surface area contributed by atoms with Gasteiger partial charge in [0.05, 0.1) is 22.0 Å². The Bertz CT molecular complexity index is 830. The van der Waals surface area contributed by atoms with Gasteiger partial charge in [0, 0.05) is 32.2 Å². The molecule has 1 aromatic heterocycles. The third-order valence-electron chi connectivity index (χ3n) is 4.47. The number of non-ortho nitro benzene ring substituents is 1. The van der Waals surface area contributed by atoms with Crippen LogP contribution in [0.2, 0.25) is 0 Å². The molecule has 2 aromatic rings. The first-order valence-electron chi connectivity index (χ1n) is 8.09. The molecular weight excluding hydrogens is 344 g/mol. The molecule has 1 atom stereocenters. The topological polar surface area (TPSA) is 132 Å². The molecule has 0 spiro atoms. The molecule has 3 rings (SSSR count). The molecule has 26 heavy (non-hydrogen) atoms. The van der Waals surface area contributed by atoms with E-state index < -0.39 is 9.85 Å². The van der Waals surface area contributed by atoms with Gasteiger partial charge in [-0.05, 0) is 19.9 Å². The minimum Gasteiger partial charge on any atom is -0.363 e. The smallest absolute Gasteiger partial charge is 0.299 e. The molecule has 0 amide bonds. The number of hydrogen-bond acceptors (Lipinski definition) is 9. The van der Waals surface area contributed by atoms with Crippen molar-refractivity contribution >= 4 is 17.1 Å². The van der Waals surface area contributed by atoms with Crippen LogP contribution in [0.1, 0.15) is 24.7 Å². The first kappa shape index (κ1) is 17.7. The Balaban J connectivity index is 1.73. The summed E-state index contributed by atoms with van der Waals surface area (Å²) in [5, 5.41) is 26.0. The molecule has 138 valence electrons. The largest absolute Gasteiger partial charge is 0.363 e. The number of aryl methyl sites for hydroxylation is 1. The molecule has 1 fully saturated rings. The third-order valence-corrected chi connectivity index (χ3v) is 4.47. The van der Waals surface area contributed by atoms with E-state index in [9.17, 15) is 20.2 Å². The van der Waals surface area contributed by atoms with Crippen molar-refractivity contribution < 1.29 is 14.4 Å². The Morgan fingerprint density at radius 1 is 1.15 bits per heavy atom. The highest BCUT2D eigenvalue weighted by atomic mass is 16.6. The molecular formula is C15H18N6O5. The summed E-state index contributed by atoms with van der Waals surface area (Å²) in [6.07, 6.45) is 0. The van der Waals surface area contributed by atoms with Gasteiger partial charge in [0.2, 0.25) is 5.89 Å². The third kappa shape index (κ3) is 3.47. The Hall–Kier alpha value is -3.08. The number of rotatable bonds is 5. The van der Waals surface area contributed by atoms with Gasteiger partial charge in [-0.25, -0.2) is 0 Å². The highest BCUT2D eigenvalue weighted by Gasteiger charge is 2.29. The van der Waals surface area contributed by atoms with Gasteiger partial charge in [-0.2, -0.15) is 4.98 Å². The van der Waals surface area contributed by atoms with Crippen LogP contribution in [0.3, 0.4) is 0 Å². The molecule has 1 saturated heterocycles. The van der Waals surface area contributed by atoms with Gasteiger partial charge in [0.1, 0.15) is 5.69 Å². The lowest BCUT2D eigenvalue weighted by atomic mass is 10.1. The van der Waals surface area contributed by atoms with E-state index in [4.69, 9.17) is 4.52 Å². The van der Waals surface area contributed by atoms with E-state index in [1.54, 1.807) is 6.92 Å². The maximum absolute atomic E-state index is 11.3. The average molecular weight is 362 g/mol. The zero-order valence-electron chi connectivity index (χ0n) is 14.4. The van der Waals surface area contributed by atoms with Crippen molar-refractivity contribution in [1.82, 2.24) is 15.0 Å². The quantitative estimate of drug-likeness (QED) is 0.579. The number of benzene rings is 1. The molecule has 1 aliphatic heterocycles. The van der Waals surface area contributed by atoms with E-state index in [0.717, 1.165) is 6.07 Å². The van der Waals surface area contributed by atoms with Crippen LogP contribution in [-0.4, -0.2) is 51.1 Å². The van der Waals surface area contributed by atoms with Gasteiger partial charge in [-0.15, -0.1) is 0 Å². The number of nitrogens with zero attached hydrogens (tertiary/aromatic N) is 6. The van der Waals surface area contributed by atoms with Crippen LogP contribution in [-0.2, 0) is 0 Å². The van der Waals surface area contributed by atoms with Crippen molar-refractivity contribution in [2.24, 2.45) is 0 Å². The minimum atomic E-state index is -0.636. The van der Waals surface area contributed by atoms with Gasteiger partial charge >= 0.3 is 0 Å². The highest BCUT2D eigenvalue weighted by Crippen LogP contribution is 2.33. The van der Waals surface area contributed by atoms with Gasteiger partial charge < -0.3 is 9.42 Å². The summed E-state index contributed by atoms with van der Waals surface area (Å²) >= 11 is 0. The van der Waals surface area contributed by atoms with Crippen molar-refractivity contribution in [2.45, 2.75) is 19.9 Å². The molecule has 0 bridgehead atoms. The van der Waals surface area contributed by atoms with Crippen LogP contribution >= 0.6 is 0 Å². The maximum Gasteiger partial charge on any atom is 0.299 e. The Morgan fingerprint density at radius 2 is 1.85 bits per heavy atom. The molecule has 0 radical (unpaired) electrons.